The molecule has 0 radical (unpaired) electrons. The van der Waals surface area contributed by atoms with E-state index < -0.39 is 16.1 Å². The molecule has 3 aromatic rings. The molecule has 0 spiro atoms. The number of carbonyl (C=O) groups is 1. The minimum Gasteiger partial charge on any atom is -0.361 e. The van der Waals surface area contributed by atoms with Gasteiger partial charge >= 0.3 is 0 Å². The van der Waals surface area contributed by atoms with Crippen molar-refractivity contribution in [2.45, 2.75) is 24.3 Å². The van der Waals surface area contributed by atoms with E-state index in [2.05, 4.69) is 10.3 Å². The van der Waals surface area contributed by atoms with E-state index in [4.69, 9.17) is 12.2 Å². The van der Waals surface area contributed by atoms with Crippen LogP contribution in [-0.2, 0) is 21.2 Å². The van der Waals surface area contributed by atoms with E-state index >= 15 is 0 Å². The number of aromatic nitrogens is 1. The van der Waals surface area contributed by atoms with Crippen molar-refractivity contribution in [1.82, 2.24) is 14.6 Å². The first-order valence-corrected chi connectivity index (χ1v) is 11.3. The molecule has 30 heavy (non-hydrogen) atoms. The van der Waals surface area contributed by atoms with Gasteiger partial charge in [-0.1, -0.05) is 24.3 Å². The fourth-order valence-corrected chi connectivity index (χ4v) is 4.87. The first-order chi connectivity index (χ1) is 14.2. The minimum atomic E-state index is -3.63. The number of amides is 1. The van der Waals surface area contributed by atoms with Gasteiger partial charge in [0, 0.05) is 37.6 Å². The Balaban J connectivity index is 1.66. The molecule has 1 fully saturated rings. The lowest BCUT2D eigenvalue weighted by atomic mass is 10.0. The van der Waals surface area contributed by atoms with Gasteiger partial charge in [-0.2, -0.15) is 0 Å². The van der Waals surface area contributed by atoms with E-state index in [0.29, 0.717) is 12.1 Å². The molecular weight excluding hydrogens is 420 g/mol. The second-order valence-electron chi connectivity index (χ2n) is 7.48. The van der Waals surface area contributed by atoms with Gasteiger partial charge in [-0.25, -0.2) is 12.7 Å². The van der Waals surface area contributed by atoms with E-state index in [1.807, 2.05) is 37.4 Å². The van der Waals surface area contributed by atoms with Crippen molar-refractivity contribution in [1.29, 1.82) is 0 Å². The number of carbonyl (C=O) groups excluding carboxylic acids is 1. The number of benzene rings is 2. The third kappa shape index (κ3) is 3.38. The average Bonchev–Trinajstić information content (AvgIpc) is 3.23. The summed E-state index contributed by atoms with van der Waals surface area (Å²) in [5, 5.41) is 4.43. The molecule has 4 rings (SSSR count). The molecule has 0 aliphatic carbocycles. The molecule has 0 unspecified atom stereocenters. The summed E-state index contributed by atoms with van der Waals surface area (Å²) in [6.45, 7) is 1.82. The van der Waals surface area contributed by atoms with Crippen LogP contribution in [-0.4, -0.2) is 48.9 Å². The Labute approximate surface area is 180 Å². The standard InChI is InChI=1S/C21H22N4O3S2/c1-13-8-9-15(30(27,28)24(2)3)11-19(13)25-20(26)18(23-21(25)29)10-14-12-22-17-7-5-4-6-16(14)17/h4-9,11-12,18,22H,10H2,1-3H3,(H,23,29)/t18-/m1/s1. The summed E-state index contributed by atoms with van der Waals surface area (Å²) >= 11 is 5.44. The number of para-hydroxylation sites is 1. The normalized spacial score (nSPS) is 17.2. The van der Waals surface area contributed by atoms with E-state index in [1.165, 1.54) is 31.1 Å². The highest BCUT2D eigenvalue weighted by atomic mass is 32.2. The average molecular weight is 443 g/mol. The van der Waals surface area contributed by atoms with E-state index in [1.54, 1.807) is 6.07 Å². The van der Waals surface area contributed by atoms with Gasteiger partial charge < -0.3 is 10.3 Å². The molecule has 2 heterocycles. The van der Waals surface area contributed by atoms with Gasteiger partial charge in [-0.3, -0.25) is 9.69 Å². The fraction of sp³-hybridized carbons (Fsp3) is 0.238. The number of aromatic amines is 1. The summed E-state index contributed by atoms with van der Waals surface area (Å²) in [6, 6.07) is 12.1. The topological polar surface area (TPSA) is 85.5 Å². The number of aryl methyl sites for hydroxylation is 1. The number of nitrogens with one attached hydrogen (secondary N) is 2. The largest absolute Gasteiger partial charge is 0.361 e. The van der Waals surface area contributed by atoms with Crippen molar-refractivity contribution in [2.75, 3.05) is 19.0 Å². The van der Waals surface area contributed by atoms with Crippen LogP contribution in [0.1, 0.15) is 11.1 Å². The smallest absolute Gasteiger partial charge is 0.256 e. The molecule has 0 bridgehead atoms. The Morgan fingerprint density at radius 1 is 1.17 bits per heavy atom. The van der Waals surface area contributed by atoms with Gasteiger partial charge in [0.15, 0.2) is 5.11 Å². The van der Waals surface area contributed by atoms with Crippen molar-refractivity contribution < 1.29 is 13.2 Å². The van der Waals surface area contributed by atoms with Gasteiger partial charge in [-0.15, -0.1) is 0 Å². The van der Waals surface area contributed by atoms with Crippen LogP contribution in [0.3, 0.4) is 0 Å². The number of rotatable bonds is 5. The van der Waals surface area contributed by atoms with E-state index in [-0.39, 0.29) is 15.9 Å². The van der Waals surface area contributed by atoms with E-state index in [0.717, 1.165) is 26.3 Å². The molecular formula is C21H22N4O3S2. The maximum absolute atomic E-state index is 13.2. The Bertz CT molecular complexity index is 1260. The van der Waals surface area contributed by atoms with Crippen LogP contribution in [0.2, 0.25) is 0 Å². The number of fused-ring (bicyclic) bond motifs is 1. The maximum atomic E-state index is 13.2. The Kier molecular flexibility index (Phi) is 5.13. The lowest BCUT2D eigenvalue weighted by Gasteiger charge is -2.20. The van der Waals surface area contributed by atoms with E-state index in [9.17, 15) is 13.2 Å². The monoisotopic (exact) mass is 442 g/mol. The zero-order chi connectivity index (χ0) is 21.6. The second kappa shape index (κ2) is 7.50. The quantitative estimate of drug-likeness (QED) is 0.593. The van der Waals surface area contributed by atoms with Gasteiger partial charge in [0.1, 0.15) is 6.04 Å². The van der Waals surface area contributed by atoms with Crippen LogP contribution in [0, 0.1) is 6.92 Å². The first-order valence-electron chi connectivity index (χ1n) is 9.43. The number of hydrogen-bond donors (Lipinski definition) is 2. The summed E-state index contributed by atoms with van der Waals surface area (Å²) in [5.74, 6) is -0.201. The number of hydrogen-bond acceptors (Lipinski definition) is 4. The summed E-state index contributed by atoms with van der Waals surface area (Å²) in [7, 11) is -0.689. The number of thiocarbonyl (C=S) groups is 1. The summed E-state index contributed by atoms with van der Waals surface area (Å²) in [5.41, 5.74) is 3.26. The van der Waals surface area contributed by atoms with Crippen LogP contribution in [0.15, 0.2) is 53.6 Å². The van der Waals surface area contributed by atoms with Crippen LogP contribution in [0.4, 0.5) is 5.69 Å². The molecule has 1 atom stereocenters. The van der Waals surface area contributed by atoms with Crippen LogP contribution >= 0.6 is 12.2 Å². The molecule has 1 aliphatic heterocycles. The molecule has 156 valence electrons. The highest BCUT2D eigenvalue weighted by Crippen LogP contribution is 2.29. The molecule has 9 heteroatoms. The number of nitrogens with zero attached hydrogens (tertiary/aromatic N) is 2. The molecule has 1 aromatic heterocycles. The van der Waals surface area contributed by atoms with Crippen molar-refractivity contribution >= 4 is 49.9 Å². The fourth-order valence-electron chi connectivity index (χ4n) is 3.62. The Morgan fingerprint density at radius 3 is 2.63 bits per heavy atom. The van der Waals surface area contributed by atoms with Gasteiger partial charge in [0.25, 0.3) is 5.91 Å². The summed E-state index contributed by atoms with van der Waals surface area (Å²) in [4.78, 5) is 18.0. The number of H-pyrrole nitrogens is 1. The summed E-state index contributed by atoms with van der Waals surface area (Å²) < 4.78 is 26.2. The second-order valence-corrected chi connectivity index (χ2v) is 10.0. The predicted molar refractivity (Wildman–Crippen MR) is 121 cm³/mol. The van der Waals surface area contributed by atoms with Gasteiger partial charge in [0.2, 0.25) is 10.0 Å². The highest BCUT2D eigenvalue weighted by molar-refractivity contribution is 7.89. The molecule has 1 amide bonds. The lowest BCUT2D eigenvalue weighted by Crippen LogP contribution is -2.33. The zero-order valence-electron chi connectivity index (χ0n) is 16.8. The van der Waals surface area contributed by atoms with Crippen LogP contribution in [0.25, 0.3) is 10.9 Å². The number of sulfonamides is 1. The van der Waals surface area contributed by atoms with Crippen molar-refractivity contribution in [3.05, 3.63) is 59.8 Å². The predicted octanol–water partition coefficient (Wildman–Crippen LogP) is 2.56. The number of anilines is 1. The third-order valence-corrected chi connectivity index (χ3v) is 7.43. The van der Waals surface area contributed by atoms with Crippen LogP contribution < -0.4 is 10.2 Å². The Morgan fingerprint density at radius 2 is 1.90 bits per heavy atom. The summed E-state index contributed by atoms with van der Waals surface area (Å²) in [6.07, 6.45) is 2.37. The zero-order valence-corrected chi connectivity index (χ0v) is 18.5. The molecule has 1 aliphatic rings. The molecule has 2 aromatic carbocycles. The third-order valence-electron chi connectivity index (χ3n) is 5.32. The van der Waals surface area contributed by atoms with Crippen LogP contribution in [0.5, 0.6) is 0 Å². The van der Waals surface area contributed by atoms with Crippen molar-refractivity contribution in [3.8, 4) is 0 Å². The maximum Gasteiger partial charge on any atom is 0.256 e. The minimum absolute atomic E-state index is 0.115. The molecule has 7 nitrogen and oxygen atoms in total. The molecule has 1 saturated heterocycles. The van der Waals surface area contributed by atoms with Crippen molar-refractivity contribution in [3.63, 3.8) is 0 Å². The van der Waals surface area contributed by atoms with Gasteiger partial charge in [0.05, 0.1) is 10.6 Å². The highest BCUT2D eigenvalue weighted by Gasteiger charge is 2.38. The SMILES string of the molecule is Cc1ccc(S(=O)(=O)N(C)C)cc1N1C(=O)[C@@H](Cc2c[nH]c3ccccc23)NC1=S. The van der Waals surface area contributed by atoms with Crippen molar-refractivity contribution in [2.24, 2.45) is 0 Å². The molecule has 2 N–H and O–H groups in total. The first kappa shape index (κ1) is 20.5. The van der Waals surface area contributed by atoms with Gasteiger partial charge in [-0.05, 0) is 48.5 Å². The molecule has 0 saturated carbocycles. The Hall–Kier alpha value is -2.75. The lowest BCUT2D eigenvalue weighted by molar-refractivity contribution is -0.118.